The first-order valence-corrected chi connectivity index (χ1v) is 10.1. The Morgan fingerprint density at radius 1 is 1.13 bits per heavy atom. The first kappa shape index (κ1) is 20.7. The second-order valence-corrected chi connectivity index (χ2v) is 7.43. The van der Waals surface area contributed by atoms with E-state index in [9.17, 15) is 9.59 Å². The molecule has 0 saturated carbocycles. The molecule has 1 aromatic carbocycles. The second-order valence-electron chi connectivity index (χ2n) is 7.43. The van der Waals surface area contributed by atoms with E-state index in [1.807, 2.05) is 25.1 Å². The molecule has 31 heavy (non-hydrogen) atoms. The molecule has 0 aliphatic carbocycles. The number of piperazine rings is 1. The summed E-state index contributed by atoms with van der Waals surface area (Å²) in [6.07, 6.45) is 1.75. The van der Waals surface area contributed by atoms with Crippen molar-refractivity contribution < 1.29 is 18.7 Å². The van der Waals surface area contributed by atoms with E-state index in [1.165, 1.54) is 7.11 Å². The molecule has 3 aromatic rings. The lowest BCUT2D eigenvalue weighted by Gasteiger charge is -2.35. The minimum Gasteiger partial charge on any atom is -0.496 e. The third-order valence-electron chi connectivity index (χ3n) is 5.71. The highest BCUT2D eigenvalue weighted by Crippen LogP contribution is 2.33. The maximum atomic E-state index is 13.0. The number of aryl methyl sites for hydroxylation is 1. The maximum absolute atomic E-state index is 13.0. The van der Waals surface area contributed by atoms with Gasteiger partial charge in [-0.3, -0.25) is 4.79 Å². The molecular weight excluding hydrogens is 398 g/mol. The zero-order chi connectivity index (χ0) is 22.0. The predicted octanol–water partition coefficient (Wildman–Crippen LogP) is 2.40. The fourth-order valence-electron chi connectivity index (χ4n) is 3.95. The molecule has 0 unspecified atom stereocenters. The van der Waals surface area contributed by atoms with E-state index in [2.05, 4.69) is 9.88 Å². The molecule has 1 aliphatic rings. The monoisotopic (exact) mass is 423 g/mol. The summed E-state index contributed by atoms with van der Waals surface area (Å²) < 4.78 is 16.2. The Kier molecular flexibility index (Phi) is 5.79. The fraction of sp³-hybridized carbons (Fsp3) is 0.348. The van der Waals surface area contributed by atoms with Crippen molar-refractivity contribution in [3.05, 3.63) is 58.1 Å². The standard InChI is InChI=1S/C23H25N3O5/c1-15-17(23(28)31-19-13-16(29-2)12-18(30-3)22(15)19)14-21(27)26-10-8-25(9-11-26)20-6-4-5-7-24-20/h4-7,12-13H,8-11,14H2,1-3H3. The Morgan fingerprint density at radius 3 is 2.55 bits per heavy atom. The highest BCUT2D eigenvalue weighted by molar-refractivity contribution is 5.90. The van der Waals surface area contributed by atoms with Gasteiger partial charge in [-0.15, -0.1) is 0 Å². The Labute approximate surface area is 180 Å². The lowest BCUT2D eigenvalue weighted by molar-refractivity contribution is -0.130. The molecule has 8 heteroatoms. The Balaban J connectivity index is 1.55. The molecule has 8 nitrogen and oxygen atoms in total. The normalized spacial score (nSPS) is 14.0. The van der Waals surface area contributed by atoms with Crippen LogP contribution < -0.4 is 20.0 Å². The van der Waals surface area contributed by atoms with Crippen molar-refractivity contribution in [1.29, 1.82) is 0 Å². The number of amides is 1. The van der Waals surface area contributed by atoms with Crippen molar-refractivity contribution in [2.75, 3.05) is 45.3 Å². The summed E-state index contributed by atoms with van der Waals surface area (Å²) in [4.78, 5) is 33.9. The van der Waals surface area contributed by atoms with Gasteiger partial charge in [0.1, 0.15) is 22.9 Å². The number of ether oxygens (including phenoxy) is 2. The third-order valence-corrected chi connectivity index (χ3v) is 5.71. The molecule has 1 saturated heterocycles. The smallest absolute Gasteiger partial charge is 0.340 e. The number of hydrogen-bond donors (Lipinski definition) is 0. The number of nitrogens with zero attached hydrogens (tertiary/aromatic N) is 3. The van der Waals surface area contributed by atoms with Crippen molar-refractivity contribution in [3.63, 3.8) is 0 Å². The average Bonchev–Trinajstić information content (AvgIpc) is 2.81. The Morgan fingerprint density at radius 2 is 1.90 bits per heavy atom. The van der Waals surface area contributed by atoms with Gasteiger partial charge in [0.05, 0.1) is 31.6 Å². The van der Waals surface area contributed by atoms with Gasteiger partial charge in [-0.1, -0.05) is 6.07 Å². The molecule has 1 aliphatic heterocycles. The molecule has 4 rings (SSSR count). The van der Waals surface area contributed by atoms with E-state index in [1.54, 1.807) is 30.3 Å². The molecule has 162 valence electrons. The van der Waals surface area contributed by atoms with Crippen LogP contribution in [0.2, 0.25) is 0 Å². The molecule has 1 amide bonds. The number of carbonyl (C=O) groups excluding carboxylic acids is 1. The number of anilines is 1. The molecule has 0 N–H and O–H groups in total. The molecule has 0 radical (unpaired) electrons. The zero-order valence-electron chi connectivity index (χ0n) is 17.9. The lowest BCUT2D eigenvalue weighted by Crippen LogP contribution is -2.49. The van der Waals surface area contributed by atoms with E-state index in [4.69, 9.17) is 13.9 Å². The lowest BCUT2D eigenvalue weighted by atomic mass is 10.0. The number of aromatic nitrogens is 1. The maximum Gasteiger partial charge on any atom is 0.340 e. The van der Waals surface area contributed by atoms with Crippen LogP contribution in [0.5, 0.6) is 11.5 Å². The predicted molar refractivity (Wildman–Crippen MR) is 117 cm³/mol. The van der Waals surface area contributed by atoms with Gasteiger partial charge in [0, 0.05) is 44.5 Å². The fourth-order valence-corrected chi connectivity index (χ4v) is 3.95. The molecule has 1 fully saturated rings. The number of hydrogen-bond acceptors (Lipinski definition) is 7. The molecule has 0 spiro atoms. The van der Waals surface area contributed by atoms with E-state index < -0.39 is 5.63 Å². The first-order valence-electron chi connectivity index (χ1n) is 10.1. The minimum absolute atomic E-state index is 0.0110. The van der Waals surface area contributed by atoms with E-state index >= 15 is 0 Å². The van der Waals surface area contributed by atoms with Crippen LogP contribution >= 0.6 is 0 Å². The summed E-state index contributed by atoms with van der Waals surface area (Å²) in [7, 11) is 3.08. The summed E-state index contributed by atoms with van der Waals surface area (Å²) in [6.45, 7) is 4.36. The van der Waals surface area contributed by atoms with Crippen LogP contribution in [0.4, 0.5) is 5.82 Å². The molecule has 2 aromatic heterocycles. The van der Waals surface area contributed by atoms with Crippen LogP contribution in [0.1, 0.15) is 11.1 Å². The van der Waals surface area contributed by atoms with Gasteiger partial charge in [-0.2, -0.15) is 0 Å². The van der Waals surface area contributed by atoms with Crippen molar-refractivity contribution >= 4 is 22.7 Å². The minimum atomic E-state index is -0.513. The Bertz CT molecular complexity index is 1150. The quantitative estimate of drug-likeness (QED) is 0.583. The van der Waals surface area contributed by atoms with Crippen LogP contribution in [0.3, 0.4) is 0 Å². The topological polar surface area (TPSA) is 85.1 Å². The first-order chi connectivity index (χ1) is 15.0. The summed E-state index contributed by atoms with van der Waals surface area (Å²) in [6, 6.07) is 9.17. The third kappa shape index (κ3) is 4.05. The number of pyridine rings is 1. The summed E-state index contributed by atoms with van der Waals surface area (Å²) in [5.41, 5.74) is 0.902. The second kappa shape index (κ2) is 8.67. The van der Waals surface area contributed by atoms with Gasteiger partial charge < -0.3 is 23.7 Å². The SMILES string of the molecule is COc1cc(OC)c2c(C)c(CC(=O)N3CCN(c4ccccn4)CC3)c(=O)oc2c1. The highest BCUT2D eigenvalue weighted by Gasteiger charge is 2.25. The zero-order valence-corrected chi connectivity index (χ0v) is 17.9. The largest absolute Gasteiger partial charge is 0.496 e. The number of benzene rings is 1. The van der Waals surface area contributed by atoms with Crippen LogP contribution in [-0.4, -0.2) is 56.2 Å². The number of rotatable bonds is 5. The van der Waals surface area contributed by atoms with Crippen LogP contribution in [0, 0.1) is 6.92 Å². The Hall–Kier alpha value is -3.55. The number of methoxy groups -OCH3 is 2. The van der Waals surface area contributed by atoms with Crippen LogP contribution in [0.25, 0.3) is 11.0 Å². The van der Waals surface area contributed by atoms with Crippen molar-refractivity contribution in [2.24, 2.45) is 0 Å². The molecule has 3 heterocycles. The molecule has 0 atom stereocenters. The van der Waals surface area contributed by atoms with Gasteiger partial charge in [0.25, 0.3) is 0 Å². The van der Waals surface area contributed by atoms with Crippen molar-refractivity contribution in [3.8, 4) is 11.5 Å². The summed E-state index contributed by atoms with van der Waals surface area (Å²) in [5.74, 6) is 1.88. The van der Waals surface area contributed by atoms with Crippen molar-refractivity contribution in [1.82, 2.24) is 9.88 Å². The van der Waals surface area contributed by atoms with E-state index in [-0.39, 0.29) is 12.3 Å². The molecular formula is C23H25N3O5. The van der Waals surface area contributed by atoms with Gasteiger partial charge >= 0.3 is 5.63 Å². The summed E-state index contributed by atoms with van der Waals surface area (Å²) in [5, 5.41) is 0.672. The average molecular weight is 423 g/mol. The van der Waals surface area contributed by atoms with Gasteiger partial charge in [-0.25, -0.2) is 9.78 Å². The van der Waals surface area contributed by atoms with Crippen LogP contribution in [0.15, 0.2) is 45.7 Å². The van der Waals surface area contributed by atoms with Gasteiger partial charge in [0.15, 0.2) is 0 Å². The van der Waals surface area contributed by atoms with E-state index in [0.29, 0.717) is 59.8 Å². The van der Waals surface area contributed by atoms with Gasteiger partial charge in [0.2, 0.25) is 5.91 Å². The van der Waals surface area contributed by atoms with E-state index in [0.717, 1.165) is 5.82 Å². The van der Waals surface area contributed by atoms with Gasteiger partial charge in [-0.05, 0) is 24.6 Å². The van der Waals surface area contributed by atoms with Crippen molar-refractivity contribution in [2.45, 2.75) is 13.3 Å². The number of carbonyl (C=O) groups is 1. The highest BCUT2D eigenvalue weighted by atomic mass is 16.5. The molecule has 0 bridgehead atoms. The number of fused-ring (bicyclic) bond motifs is 1. The van der Waals surface area contributed by atoms with Crippen LogP contribution in [-0.2, 0) is 11.2 Å². The summed E-state index contributed by atoms with van der Waals surface area (Å²) >= 11 is 0.